The molecule has 0 radical (unpaired) electrons. The Hall–Kier alpha value is -1.31. The van der Waals surface area contributed by atoms with Gasteiger partial charge in [-0.2, -0.15) is 0 Å². The third-order valence-electron chi connectivity index (χ3n) is 3.77. The summed E-state index contributed by atoms with van der Waals surface area (Å²) >= 11 is 0. The Morgan fingerprint density at radius 2 is 1.76 bits per heavy atom. The van der Waals surface area contributed by atoms with Gasteiger partial charge in [0.25, 0.3) is 0 Å². The van der Waals surface area contributed by atoms with Crippen LogP contribution in [-0.4, -0.2) is 11.9 Å². The number of fused-ring (bicyclic) bond motifs is 2. The molecule has 3 rings (SSSR count). The number of rotatable bonds is 1. The average Bonchev–Trinajstić information content (AvgIpc) is 2.91. The normalized spacial score (nSPS) is 29.6. The van der Waals surface area contributed by atoms with Crippen molar-refractivity contribution in [3.05, 3.63) is 35.4 Å². The molecule has 1 aromatic carbocycles. The zero-order chi connectivity index (χ0) is 12.4. The summed E-state index contributed by atoms with van der Waals surface area (Å²) in [5, 5.41) is 3.08. The van der Waals surface area contributed by atoms with E-state index in [4.69, 9.17) is 0 Å². The van der Waals surface area contributed by atoms with Crippen LogP contribution in [0.2, 0.25) is 0 Å². The van der Waals surface area contributed by atoms with E-state index in [0.717, 1.165) is 12.8 Å². The highest BCUT2D eigenvalue weighted by Gasteiger charge is 2.45. The van der Waals surface area contributed by atoms with Gasteiger partial charge in [0.15, 0.2) is 0 Å². The summed E-state index contributed by atoms with van der Waals surface area (Å²) in [5.41, 5.74) is 2.68. The molecule has 1 aliphatic heterocycles. The number of carbonyl (C=O) groups excluding carboxylic acids is 1. The molecule has 2 aliphatic rings. The minimum Gasteiger partial charge on any atom is -0.352 e. The molecule has 1 saturated heterocycles. The third kappa shape index (κ3) is 2.21. The monoisotopic (exact) mass is 231 g/mol. The fourth-order valence-corrected chi connectivity index (χ4v) is 2.89. The maximum absolute atomic E-state index is 11.4. The summed E-state index contributed by atoms with van der Waals surface area (Å²) in [6.07, 6.45) is 2.08. The lowest BCUT2D eigenvalue weighted by atomic mass is 9.91. The first kappa shape index (κ1) is 12.2. The van der Waals surface area contributed by atoms with Crippen LogP contribution in [0, 0.1) is 12.8 Å². The van der Waals surface area contributed by atoms with E-state index in [2.05, 4.69) is 36.5 Å². The van der Waals surface area contributed by atoms with Crippen LogP contribution in [-0.2, 0) is 4.79 Å². The Bertz CT molecular complexity index is 396. The van der Waals surface area contributed by atoms with Gasteiger partial charge in [0.1, 0.15) is 0 Å². The average molecular weight is 231 g/mol. The molecule has 92 valence electrons. The van der Waals surface area contributed by atoms with Crippen molar-refractivity contribution >= 4 is 5.91 Å². The maximum atomic E-state index is 11.4. The number of hydrogen-bond donors (Lipinski definition) is 1. The highest BCUT2D eigenvalue weighted by Crippen LogP contribution is 2.42. The molecule has 1 heterocycles. The molecule has 0 spiro atoms. The highest BCUT2D eigenvalue weighted by molar-refractivity contribution is 5.83. The number of benzene rings is 1. The zero-order valence-electron chi connectivity index (χ0n) is 10.9. The number of amides is 1. The van der Waals surface area contributed by atoms with Crippen LogP contribution in [0.15, 0.2) is 24.3 Å². The zero-order valence-corrected chi connectivity index (χ0v) is 10.9. The molecule has 1 aromatic rings. The first-order chi connectivity index (χ1) is 8.24. The maximum Gasteiger partial charge on any atom is 0.223 e. The molecule has 1 aliphatic carbocycles. The second-order valence-corrected chi connectivity index (χ2v) is 4.80. The predicted octanol–water partition coefficient (Wildman–Crippen LogP) is 3.01. The summed E-state index contributed by atoms with van der Waals surface area (Å²) < 4.78 is 0. The van der Waals surface area contributed by atoms with Gasteiger partial charge >= 0.3 is 0 Å². The lowest BCUT2D eigenvalue weighted by molar-refractivity contribution is -0.123. The van der Waals surface area contributed by atoms with Crippen LogP contribution in [0.1, 0.15) is 43.7 Å². The summed E-state index contributed by atoms with van der Waals surface area (Å²) in [4.78, 5) is 11.4. The molecule has 0 aromatic heterocycles. The molecule has 2 nitrogen and oxygen atoms in total. The Labute approximate surface area is 103 Å². The molecule has 2 fully saturated rings. The molecule has 3 atom stereocenters. The molecular weight excluding hydrogens is 210 g/mol. The standard InChI is InChI=1S/C13H15NO.C2H6/c1-8-2-4-9(5-3-8)11-6-10-7-12(11)14-13(10)15;1-2/h2-5,10-12H,6-7H2,1H3,(H,14,15);1-2H3. The second-order valence-electron chi connectivity index (χ2n) is 4.80. The van der Waals surface area contributed by atoms with Crippen molar-refractivity contribution in [2.75, 3.05) is 0 Å². The molecule has 1 saturated carbocycles. The number of carbonyl (C=O) groups is 1. The fourth-order valence-electron chi connectivity index (χ4n) is 2.89. The predicted molar refractivity (Wildman–Crippen MR) is 69.9 cm³/mol. The SMILES string of the molecule is CC.Cc1ccc(C2CC3CC2NC3=O)cc1. The minimum atomic E-state index is 0.267. The second kappa shape index (κ2) is 4.91. The topological polar surface area (TPSA) is 29.1 Å². The summed E-state index contributed by atoms with van der Waals surface area (Å²) in [7, 11) is 0. The molecule has 1 N–H and O–H groups in total. The third-order valence-corrected chi connectivity index (χ3v) is 3.77. The van der Waals surface area contributed by atoms with Gasteiger partial charge in [-0.1, -0.05) is 43.7 Å². The van der Waals surface area contributed by atoms with Crippen molar-refractivity contribution in [1.82, 2.24) is 5.32 Å². The summed E-state index contributed by atoms with van der Waals surface area (Å²) in [6, 6.07) is 9.11. The number of hydrogen-bond acceptors (Lipinski definition) is 1. The van der Waals surface area contributed by atoms with Crippen molar-refractivity contribution in [2.24, 2.45) is 5.92 Å². The van der Waals surface area contributed by atoms with Crippen molar-refractivity contribution in [1.29, 1.82) is 0 Å². The molecular formula is C15H21NO. The van der Waals surface area contributed by atoms with Crippen molar-refractivity contribution < 1.29 is 4.79 Å². The summed E-state index contributed by atoms with van der Waals surface area (Å²) in [6.45, 7) is 6.10. The van der Waals surface area contributed by atoms with E-state index in [9.17, 15) is 4.79 Å². The Morgan fingerprint density at radius 1 is 1.12 bits per heavy atom. The number of piperidine rings is 1. The Morgan fingerprint density at radius 3 is 2.24 bits per heavy atom. The van der Waals surface area contributed by atoms with Gasteiger partial charge in [0.05, 0.1) is 0 Å². The van der Waals surface area contributed by atoms with E-state index in [-0.39, 0.29) is 11.8 Å². The first-order valence-electron chi connectivity index (χ1n) is 6.61. The number of aryl methyl sites for hydroxylation is 1. The van der Waals surface area contributed by atoms with Crippen LogP contribution < -0.4 is 5.32 Å². The Kier molecular flexibility index (Phi) is 3.51. The van der Waals surface area contributed by atoms with Crippen LogP contribution in [0.25, 0.3) is 0 Å². The van der Waals surface area contributed by atoms with Gasteiger partial charge in [-0.05, 0) is 25.3 Å². The van der Waals surface area contributed by atoms with Crippen molar-refractivity contribution in [3.8, 4) is 0 Å². The van der Waals surface area contributed by atoms with Crippen LogP contribution in [0.3, 0.4) is 0 Å². The van der Waals surface area contributed by atoms with E-state index in [1.165, 1.54) is 11.1 Å². The quantitative estimate of drug-likeness (QED) is 0.791. The van der Waals surface area contributed by atoms with Crippen LogP contribution in [0.4, 0.5) is 0 Å². The van der Waals surface area contributed by atoms with Gasteiger partial charge in [-0.3, -0.25) is 4.79 Å². The molecule has 1 amide bonds. The largest absolute Gasteiger partial charge is 0.352 e. The van der Waals surface area contributed by atoms with E-state index >= 15 is 0 Å². The summed E-state index contributed by atoms with van der Waals surface area (Å²) in [5.74, 6) is 1.10. The van der Waals surface area contributed by atoms with Crippen LogP contribution >= 0.6 is 0 Å². The van der Waals surface area contributed by atoms with E-state index in [1.54, 1.807) is 0 Å². The molecule has 3 unspecified atom stereocenters. The van der Waals surface area contributed by atoms with Gasteiger partial charge in [0, 0.05) is 17.9 Å². The van der Waals surface area contributed by atoms with E-state index < -0.39 is 0 Å². The van der Waals surface area contributed by atoms with Crippen molar-refractivity contribution in [2.45, 2.75) is 45.6 Å². The van der Waals surface area contributed by atoms with E-state index in [1.807, 2.05) is 13.8 Å². The minimum absolute atomic E-state index is 0.267. The van der Waals surface area contributed by atoms with Gasteiger partial charge in [-0.25, -0.2) is 0 Å². The lowest BCUT2D eigenvalue weighted by Gasteiger charge is -2.23. The van der Waals surface area contributed by atoms with E-state index in [0.29, 0.717) is 12.0 Å². The highest BCUT2D eigenvalue weighted by atomic mass is 16.2. The first-order valence-corrected chi connectivity index (χ1v) is 6.61. The number of nitrogens with one attached hydrogen (secondary N) is 1. The van der Waals surface area contributed by atoms with Gasteiger partial charge in [0.2, 0.25) is 5.91 Å². The van der Waals surface area contributed by atoms with Gasteiger partial charge < -0.3 is 5.32 Å². The Balaban J connectivity index is 0.000000514. The molecule has 2 heteroatoms. The lowest BCUT2D eigenvalue weighted by Crippen LogP contribution is -2.35. The van der Waals surface area contributed by atoms with Crippen LogP contribution in [0.5, 0.6) is 0 Å². The molecule has 2 bridgehead atoms. The molecule has 17 heavy (non-hydrogen) atoms. The van der Waals surface area contributed by atoms with Crippen molar-refractivity contribution in [3.63, 3.8) is 0 Å². The van der Waals surface area contributed by atoms with Gasteiger partial charge in [-0.15, -0.1) is 0 Å². The fraction of sp³-hybridized carbons (Fsp3) is 0.533. The smallest absolute Gasteiger partial charge is 0.223 e.